The normalized spacial score (nSPS) is 30.0. The highest BCUT2D eigenvalue weighted by Crippen LogP contribution is 2.63. The molecule has 0 aromatic heterocycles. The van der Waals surface area contributed by atoms with Crippen molar-refractivity contribution >= 4 is 20.4 Å². The minimum absolute atomic E-state index is 0.142. The summed E-state index contributed by atoms with van der Waals surface area (Å²) >= 11 is 0. The molecule has 1 aliphatic heterocycles. The molecule has 21 heavy (non-hydrogen) atoms. The summed E-state index contributed by atoms with van der Waals surface area (Å²) in [5, 5.41) is 0. The molecule has 1 aromatic rings. The Labute approximate surface area is 122 Å². The Hall–Kier alpha value is -0.770. The molecule has 0 bridgehead atoms. The molecule has 0 saturated carbocycles. The summed E-state index contributed by atoms with van der Waals surface area (Å²) in [5.41, 5.74) is -5.42. The predicted molar refractivity (Wildman–Crippen MR) is 73.5 cm³/mol. The summed E-state index contributed by atoms with van der Waals surface area (Å²) in [6.45, 7) is 0. The molecule has 1 aromatic carbocycles. The van der Waals surface area contributed by atoms with Crippen LogP contribution >= 0.6 is 10.3 Å². The second-order valence-electron chi connectivity index (χ2n) is 4.61. The lowest BCUT2D eigenvalue weighted by Gasteiger charge is -2.34. The van der Waals surface area contributed by atoms with Gasteiger partial charge in [0, 0.05) is 23.5 Å². The summed E-state index contributed by atoms with van der Waals surface area (Å²) in [4.78, 5) is 0.484. The van der Waals surface area contributed by atoms with Crippen molar-refractivity contribution in [3.8, 4) is 0 Å². The molecule has 1 heterocycles. The topological polar surface area (TPSA) is 52.6 Å². The fraction of sp³-hybridized carbons (Fsp3) is 0.500. The summed E-state index contributed by atoms with van der Waals surface area (Å²) in [7, 11) is -6.77. The van der Waals surface area contributed by atoms with Crippen molar-refractivity contribution in [2.24, 2.45) is 0 Å². The molecule has 0 radical (unpaired) electrons. The number of hydrogen-bond acceptors (Lipinski definition) is 4. The second-order valence-corrected chi connectivity index (χ2v) is 9.36. The van der Waals surface area contributed by atoms with Gasteiger partial charge in [0.25, 0.3) is 0 Å². The average molecular weight is 344 g/mol. The van der Waals surface area contributed by atoms with Gasteiger partial charge in [-0.15, -0.1) is 0 Å². The van der Waals surface area contributed by atoms with Crippen LogP contribution in [0.3, 0.4) is 0 Å². The highest BCUT2D eigenvalue weighted by molar-refractivity contribution is 8.33. The molecular weight excluding hydrogens is 329 g/mol. The van der Waals surface area contributed by atoms with E-state index in [1.54, 1.807) is 30.3 Å². The maximum absolute atomic E-state index is 12.6. The Balaban J connectivity index is 2.40. The Morgan fingerprint density at radius 2 is 1.86 bits per heavy atom. The van der Waals surface area contributed by atoms with Gasteiger partial charge in [-0.05, 0) is 18.6 Å². The quantitative estimate of drug-likeness (QED) is 0.788. The Bertz CT molecular complexity index is 588. The average Bonchev–Trinajstić information content (AvgIpc) is 2.82. The molecule has 1 aliphatic rings. The zero-order valence-corrected chi connectivity index (χ0v) is 12.8. The van der Waals surface area contributed by atoms with Crippen molar-refractivity contribution in [1.29, 1.82) is 0 Å². The molecule has 4 nitrogen and oxygen atoms in total. The van der Waals surface area contributed by atoms with Crippen molar-refractivity contribution in [2.75, 3.05) is 18.6 Å². The summed E-state index contributed by atoms with van der Waals surface area (Å²) in [5.74, 6) is 0.369. The molecule has 1 saturated heterocycles. The maximum atomic E-state index is 12.6. The van der Waals surface area contributed by atoms with Crippen molar-refractivity contribution < 1.29 is 30.0 Å². The zero-order valence-electron chi connectivity index (χ0n) is 11.2. The maximum Gasteiger partial charge on any atom is 0.523 e. The number of alkyl halides is 3. The van der Waals surface area contributed by atoms with Crippen LogP contribution in [0.25, 0.3) is 0 Å². The Kier molecular flexibility index (Phi) is 4.57. The molecule has 0 amide bonds. The Morgan fingerprint density at radius 1 is 1.24 bits per heavy atom. The summed E-state index contributed by atoms with van der Waals surface area (Å²) in [6, 6.07) is 8.19. The van der Waals surface area contributed by atoms with Crippen LogP contribution in [-0.4, -0.2) is 38.6 Å². The van der Waals surface area contributed by atoms with Crippen molar-refractivity contribution in [3.63, 3.8) is 0 Å². The van der Waals surface area contributed by atoms with Gasteiger partial charge in [0.1, 0.15) is 0 Å². The van der Waals surface area contributed by atoms with Crippen LogP contribution in [0.4, 0.5) is 13.2 Å². The van der Waals surface area contributed by atoms with Gasteiger partial charge in [0.05, 0.1) is 6.10 Å². The van der Waals surface area contributed by atoms with Gasteiger partial charge in [-0.2, -0.15) is 21.6 Å². The lowest BCUT2D eigenvalue weighted by atomic mass is 10.3. The van der Waals surface area contributed by atoms with Crippen LogP contribution in [-0.2, 0) is 18.5 Å². The zero-order chi connectivity index (χ0) is 15.7. The molecule has 1 fully saturated rings. The first-order valence-electron chi connectivity index (χ1n) is 6.09. The van der Waals surface area contributed by atoms with Gasteiger partial charge in [0.15, 0.2) is 0 Å². The van der Waals surface area contributed by atoms with Crippen LogP contribution < -0.4 is 0 Å². The number of ether oxygens (including phenoxy) is 1. The van der Waals surface area contributed by atoms with Crippen LogP contribution in [0, 0.1) is 0 Å². The van der Waals surface area contributed by atoms with E-state index in [0.29, 0.717) is 11.3 Å². The largest absolute Gasteiger partial charge is 0.523 e. The van der Waals surface area contributed by atoms with E-state index in [0.717, 1.165) is 0 Å². The molecule has 2 rings (SSSR count). The first-order chi connectivity index (χ1) is 9.70. The third kappa shape index (κ3) is 3.36. The predicted octanol–water partition coefficient (Wildman–Crippen LogP) is 3.05. The van der Waals surface area contributed by atoms with Crippen molar-refractivity contribution in [1.82, 2.24) is 0 Å². The van der Waals surface area contributed by atoms with Gasteiger partial charge in [-0.25, -0.2) is 3.63 Å². The summed E-state index contributed by atoms with van der Waals surface area (Å²) < 4.78 is 70.6. The van der Waals surface area contributed by atoms with E-state index in [1.807, 2.05) is 0 Å². The molecule has 0 N–H and O–H groups in total. The smallest absolute Gasteiger partial charge is 0.381 e. The number of halogens is 3. The fourth-order valence-corrected chi connectivity index (χ4v) is 7.45. The first-order valence-corrected chi connectivity index (χ1v) is 9.39. The van der Waals surface area contributed by atoms with Gasteiger partial charge >= 0.3 is 15.6 Å². The van der Waals surface area contributed by atoms with E-state index in [4.69, 9.17) is 8.37 Å². The highest BCUT2D eigenvalue weighted by atomic mass is 32.3. The minimum Gasteiger partial charge on any atom is -0.381 e. The molecule has 0 aliphatic carbocycles. The highest BCUT2D eigenvalue weighted by Gasteiger charge is 2.53. The fourth-order valence-electron chi connectivity index (χ4n) is 2.17. The lowest BCUT2D eigenvalue weighted by Crippen LogP contribution is -2.28. The minimum atomic E-state index is -5.64. The van der Waals surface area contributed by atoms with Crippen LogP contribution in [0.2, 0.25) is 0 Å². The van der Waals surface area contributed by atoms with Gasteiger partial charge in [0.2, 0.25) is 0 Å². The lowest BCUT2D eigenvalue weighted by molar-refractivity contribution is -0.0496. The van der Waals surface area contributed by atoms with E-state index < -0.39 is 25.9 Å². The monoisotopic (exact) mass is 344 g/mol. The SMILES string of the molecule is COC1CCS(OS(=O)(=O)C(F)(F)F)(c2ccccc2)C1. The van der Waals surface area contributed by atoms with Crippen LogP contribution in [0.5, 0.6) is 0 Å². The molecule has 2 atom stereocenters. The van der Waals surface area contributed by atoms with E-state index in [-0.39, 0.29) is 17.6 Å². The second kappa shape index (κ2) is 5.79. The van der Waals surface area contributed by atoms with E-state index in [9.17, 15) is 21.6 Å². The third-order valence-corrected chi connectivity index (χ3v) is 8.50. The van der Waals surface area contributed by atoms with Gasteiger partial charge in [-0.3, -0.25) is 0 Å². The number of methoxy groups -OCH3 is 1. The molecular formula is C12H15F3O4S2. The van der Waals surface area contributed by atoms with Gasteiger partial charge < -0.3 is 4.74 Å². The number of benzene rings is 1. The number of rotatable bonds is 4. The molecule has 2 unspecified atom stereocenters. The number of hydrogen-bond donors (Lipinski definition) is 0. The van der Waals surface area contributed by atoms with E-state index in [2.05, 4.69) is 0 Å². The van der Waals surface area contributed by atoms with Crippen molar-refractivity contribution in [2.45, 2.75) is 22.9 Å². The Morgan fingerprint density at radius 3 is 2.33 bits per heavy atom. The molecule has 0 spiro atoms. The first kappa shape index (κ1) is 16.6. The van der Waals surface area contributed by atoms with Crippen LogP contribution in [0.15, 0.2) is 35.2 Å². The van der Waals surface area contributed by atoms with Gasteiger partial charge in [-0.1, -0.05) is 28.5 Å². The molecule has 9 heteroatoms. The third-order valence-electron chi connectivity index (χ3n) is 3.23. The van der Waals surface area contributed by atoms with E-state index >= 15 is 0 Å². The standard InChI is InChI=1S/C12H15F3O4S2/c1-18-10-7-8-20(9-10,11-5-3-2-4-6-11)19-21(16,17)12(13,14)15/h2-6,10H,7-9H2,1H3. The summed E-state index contributed by atoms with van der Waals surface area (Å²) in [6.07, 6.45) is 0.164. The van der Waals surface area contributed by atoms with Crippen LogP contribution in [0.1, 0.15) is 6.42 Å². The van der Waals surface area contributed by atoms with E-state index in [1.165, 1.54) is 7.11 Å². The molecule has 120 valence electrons. The van der Waals surface area contributed by atoms with Crippen molar-refractivity contribution in [3.05, 3.63) is 30.3 Å².